The third kappa shape index (κ3) is 3.24. The van der Waals surface area contributed by atoms with Crippen molar-refractivity contribution in [3.63, 3.8) is 0 Å². The topological polar surface area (TPSA) is 59.8 Å². The fourth-order valence-corrected chi connectivity index (χ4v) is 2.41. The number of hydrogen-bond acceptors (Lipinski definition) is 3. The van der Waals surface area contributed by atoms with Crippen LogP contribution in [0, 0.1) is 13.8 Å². The van der Waals surface area contributed by atoms with Gasteiger partial charge >= 0.3 is 0 Å². The quantitative estimate of drug-likeness (QED) is 0.796. The molecule has 0 aliphatic heterocycles. The second-order valence-corrected chi connectivity index (χ2v) is 5.65. The van der Waals surface area contributed by atoms with Crippen molar-refractivity contribution in [3.05, 3.63) is 70.6 Å². The molecule has 0 saturated carbocycles. The number of benzene rings is 1. The molecule has 0 radical (unpaired) electrons. The second kappa shape index (κ2) is 6.22. The largest absolute Gasteiger partial charge is 0.306 e. The summed E-state index contributed by atoms with van der Waals surface area (Å²) in [5.41, 5.74) is 3.07. The maximum absolute atomic E-state index is 12.4. The summed E-state index contributed by atoms with van der Waals surface area (Å²) in [6.07, 6.45) is 3.25. The maximum Gasteiger partial charge on any atom is 0.260 e. The van der Waals surface area contributed by atoms with E-state index in [0.29, 0.717) is 16.4 Å². The highest BCUT2D eigenvalue weighted by atomic mass is 35.5. The molecular weight excluding hydrogens is 312 g/mol. The summed E-state index contributed by atoms with van der Waals surface area (Å²) in [7, 11) is 0. The Balaban J connectivity index is 1.86. The molecule has 2 heterocycles. The molecule has 23 heavy (non-hydrogen) atoms. The number of pyridine rings is 1. The Morgan fingerprint density at radius 3 is 2.70 bits per heavy atom. The van der Waals surface area contributed by atoms with E-state index in [1.165, 1.54) is 0 Å². The summed E-state index contributed by atoms with van der Waals surface area (Å²) in [5.74, 6) is 0.266. The van der Waals surface area contributed by atoms with Crippen LogP contribution in [0.1, 0.15) is 21.6 Å². The highest BCUT2D eigenvalue weighted by molar-refractivity contribution is 6.30. The van der Waals surface area contributed by atoms with E-state index in [2.05, 4.69) is 15.4 Å². The minimum atomic E-state index is -0.243. The zero-order valence-electron chi connectivity index (χ0n) is 12.7. The molecule has 0 aliphatic carbocycles. The Morgan fingerprint density at radius 2 is 2.00 bits per heavy atom. The average Bonchev–Trinajstić information content (AvgIpc) is 2.91. The van der Waals surface area contributed by atoms with Crippen LogP contribution in [0.25, 0.3) is 5.69 Å². The molecule has 6 heteroatoms. The van der Waals surface area contributed by atoms with Crippen molar-refractivity contribution in [1.82, 2.24) is 14.8 Å². The highest BCUT2D eigenvalue weighted by Gasteiger charge is 2.15. The number of carbonyl (C=O) groups excluding carboxylic acids is 1. The fourth-order valence-electron chi connectivity index (χ4n) is 2.23. The van der Waals surface area contributed by atoms with E-state index in [9.17, 15) is 4.79 Å². The van der Waals surface area contributed by atoms with Gasteiger partial charge in [0.15, 0.2) is 0 Å². The molecular formula is C17H15ClN4O. The van der Waals surface area contributed by atoms with E-state index in [1.807, 2.05) is 32.0 Å². The van der Waals surface area contributed by atoms with Crippen LogP contribution in [0.5, 0.6) is 0 Å². The Hall–Kier alpha value is -2.66. The van der Waals surface area contributed by atoms with Crippen molar-refractivity contribution in [3.8, 4) is 5.69 Å². The smallest absolute Gasteiger partial charge is 0.260 e. The highest BCUT2D eigenvalue weighted by Crippen LogP contribution is 2.18. The van der Waals surface area contributed by atoms with Crippen LogP contribution in [0.3, 0.4) is 0 Å². The normalized spacial score (nSPS) is 10.6. The molecule has 1 N–H and O–H groups in total. The number of amides is 1. The Bertz CT molecular complexity index is 855. The van der Waals surface area contributed by atoms with Crippen molar-refractivity contribution in [2.24, 2.45) is 0 Å². The first-order chi connectivity index (χ1) is 11.0. The van der Waals surface area contributed by atoms with E-state index in [-0.39, 0.29) is 5.91 Å². The number of nitrogens with zero attached hydrogens (tertiary/aromatic N) is 3. The van der Waals surface area contributed by atoms with Gasteiger partial charge in [0.2, 0.25) is 0 Å². The van der Waals surface area contributed by atoms with Crippen molar-refractivity contribution in [2.45, 2.75) is 13.8 Å². The molecule has 2 aromatic heterocycles. The molecule has 0 saturated heterocycles. The van der Waals surface area contributed by atoms with E-state index < -0.39 is 0 Å². The molecule has 0 atom stereocenters. The molecule has 116 valence electrons. The average molecular weight is 327 g/mol. The number of halogens is 1. The lowest BCUT2D eigenvalue weighted by Gasteiger charge is -2.07. The molecule has 0 fully saturated rings. The number of nitrogens with one attached hydrogen (secondary N) is 1. The van der Waals surface area contributed by atoms with Crippen molar-refractivity contribution in [2.75, 3.05) is 5.32 Å². The Kier molecular flexibility index (Phi) is 4.12. The van der Waals surface area contributed by atoms with Gasteiger partial charge in [-0.2, -0.15) is 5.10 Å². The summed E-state index contributed by atoms with van der Waals surface area (Å²) in [4.78, 5) is 16.6. The third-order valence-electron chi connectivity index (χ3n) is 3.46. The number of aryl methyl sites for hydroxylation is 1. The lowest BCUT2D eigenvalue weighted by atomic mass is 10.2. The van der Waals surface area contributed by atoms with Crippen LogP contribution in [0.15, 0.2) is 48.8 Å². The lowest BCUT2D eigenvalue weighted by molar-refractivity contribution is 0.102. The van der Waals surface area contributed by atoms with Crippen LogP contribution in [0.2, 0.25) is 5.02 Å². The van der Waals surface area contributed by atoms with Gasteiger partial charge in [-0.05, 0) is 43.7 Å². The molecule has 3 aromatic rings. The molecule has 3 rings (SSSR count). The van der Waals surface area contributed by atoms with E-state index in [4.69, 9.17) is 11.6 Å². The van der Waals surface area contributed by atoms with Crippen LogP contribution in [-0.2, 0) is 0 Å². The molecule has 5 nitrogen and oxygen atoms in total. The van der Waals surface area contributed by atoms with Gasteiger partial charge in [-0.15, -0.1) is 0 Å². The summed E-state index contributed by atoms with van der Waals surface area (Å²) in [6, 6.07) is 11.0. The lowest BCUT2D eigenvalue weighted by Crippen LogP contribution is -2.14. The zero-order chi connectivity index (χ0) is 16.4. The van der Waals surface area contributed by atoms with Crippen molar-refractivity contribution < 1.29 is 4.79 Å². The van der Waals surface area contributed by atoms with Gasteiger partial charge in [-0.25, -0.2) is 9.67 Å². The van der Waals surface area contributed by atoms with Gasteiger partial charge in [0.05, 0.1) is 23.1 Å². The zero-order valence-corrected chi connectivity index (χ0v) is 13.5. The first-order valence-corrected chi connectivity index (χ1v) is 7.47. The second-order valence-electron chi connectivity index (χ2n) is 5.21. The van der Waals surface area contributed by atoms with Gasteiger partial charge in [0.25, 0.3) is 5.91 Å². The summed E-state index contributed by atoms with van der Waals surface area (Å²) < 4.78 is 1.68. The minimum absolute atomic E-state index is 0.243. The van der Waals surface area contributed by atoms with Crippen LogP contribution in [0.4, 0.5) is 5.82 Å². The molecule has 0 spiro atoms. The molecule has 0 bridgehead atoms. The van der Waals surface area contributed by atoms with Crippen LogP contribution < -0.4 is 5.32 Å². The molecule has 1 aromatic carbocycles. The molecule has 1 amide bonds. The number of hydrogen-bond donors (Lipinski definition) is 1. The standard InChI is InChI=1S/C17H15ClN4O/c1-11-6-7-16(19-9-11)21-17(23)15-10-20-22(12(15)2)14-5-3-4-13(18)8-14/h3-10H,1-2H3,(H,19,21,23). The minimum Gasteiger partial charge on any atom is -0.306 e. The fraction of sp³-hybridized carbons (Fsp3) is 0.118. The summed E-state index contributed by atoms with van der Waals surface area (Å²) >= 11 is 6.01. The molecule has 0 unspecified atom stereocenters. The predicted molar refractivity (Wildman–Crippen MR) is 90.2 cm³/mol. The Morgan fingerprint density at radius 1 is 1.17 bits per heavy atom. The number of carbonyl (C=O) groups is 1. The van der Waals surface area contributed by atoms with Gasteiger partial charge < -0.3 is 5.32 Å². The number of anilines is 1. The van der Waals surface area contributed by atoms with Gasteiger partial charge in [0, 0.05) is 11.2 Å². The van der Waals surface area contributed by atoms with Crippen LogP contribution in [-0.4, -0.2) is 20.7 Å². The van der Waals surface area contributed by atoms with Crippen molar-refractivity contribution >= 4 is 23.3 Å². The molecule has 0 aliphatic rings. The van der Waals surface area contributed by atoms with E-state index in [0.717, 1.165) is 16.9 Å². The van der Waals surface area contributed by atoms with Gasteiger partial charge in [-0.1, -0.05) is 23.7 Å². The summed E-state index contributed by atoms with van der Waals surface area (Å²) in [5, 5.41) is 7.67. The number of aromatic nitrogens is 3. The van der Waals surface area contributed by atoms with E-state index in [1.54, 1.807) is 35.3 Å². The summed E-state index contributed by atoms with van der Waals surface area (Å²) in [6.45, 7) is 3.78. The Labute approximate surface area is 138 Å². The van der Waals surface area contributed by atoms with Gasteiger partial charge in [0.1, 0.15) is 5.82 Å². The first kappa shape index (κ1) is 15.2. The number of rotatable bonds is 3. The van der Waals surface area contributed by atoms with Crippen molar-refractivity contribution in [1.29, 1.82) is 0 Å². The first-order valence-electron chi connectivity index (χ1n) is 7.09. The van der Waals surface area contributed by atoms with E-state index >= 15 is 0 Å². The SMILES string of the molecule is Cc1ccc(NC(=O)c2cnn(-c3cccc(Cl)c3)c2C)nc1. The monoisotopic (exact) mass is 326 g/mol. The predicted octanol–water partition coefficient (Wildman–Crippen LogP) is 3.79. The van der Waals surface area contributed by atoms with Gasteiger partial charge in [-0.3, -0.25) is 4.79 Å². The third-order valence-corrected chi connectivity index (χ3v) is 3.70. The van der Waals surface area contributed by atoms with Crippen LogP contribution >= 0.6 is 11.6 Å². The maximum atomic E-state index is 12.4.